The number of carboxylic acids is 1. The van der Waals surface area contributed by atoms with Gasteiger partial charge >= 0.3 is 12.1 Å². The molecule has 0 aromatic heterocycles. The molecule has 2 N–H and O–H groups in total. The van der Waals surface area contributed by atoms with Gasteiger partial charge in [-0.2, -0.15) is 0 Å². The van der Waals surface area contributed by atoms with Crippen LogP contribution in [-0.2, 0) is 9.53 Å². The van der Waals surface area contributed by atoms with E-state index < -0.39 is 18.1 Å². The maximum atomic E-state index is 12.8. The molecule has 1 amide bonds. The Bertz CT molecular complexity index is 1190. The molecule has 8 heteroatoms. The van der Waals surface area contributed by atoms with Crippen molar-refractivity contribution in [1.82, 2.24) is 5.32 Å². The highest BCUT2D eigenvalue weighted by atomic mass is 16.5. The highest BCUT2D eigenvalue weighted by Crippen LogP contribution is 2.45. The molecule has 1 aliphatic rings. The largest absolute Gasteiger partial charge is 0.493 e. The van der Waals surface area contributed by atoms with Gasteiger partial charge in [-0.15, -0.1) is 0 Å². The van der Waals surface area contributed by atoms with Crippen LogP contribution in [0.1, 0.15) is 35.1 Å². The van der Waals surface area contributed by atoms with Crippen molar-refractivity contribution in [2.24, 2.45) is 0 Å². The molecular formula is C27H27NO7. The first-order chi connectivity index (χ1) is 17.0. The summed E-state index contributed by atoms with van der Waals surface area (Å²) in [6.07, 6.45) is -1.11. The summed E-state index contributed by atoms with van der Waals surface area (Å²) in [6, 6.07) is 18.4. The van der Waals surface area contributed by atoms with Gasteiger partial charge in [0.1, 0.15) is 6.61 Å². The highest BCUT2D eigenvalue weighted by Gasteiger charge is 2.30. The number of carboxylic acid groups (broad SMARTS) is 1. The number of alkyl carbamates (subject to hydrolysis) is 1. The number of benzene rings is 3. The van der Waals surface area contributed by atoms with Gasteiger partial charge in [0.15, 0.2) is 11.5 Å². The number of hydrogen-bond acceptors (Lipinski definition) is 6. The number of amides is 1. The first kappa shape index (κ1) is 23.9. The van der Waals surface area contributed by atoms with Crippen LogP contribution in [0, 0.1) is 0 Å². The zero-order valence-electron chi connectivity index (χ0n) is 19.7. The van der Waals surface area contributed by atoms with Crippen molar-refractivity contribution in [3.63, 3.8) is 0 Å². The molecule has 0 spiro atoms. The van der Waals surface area contributed by atoms with Crippen LogP contribution in [0.2, 0.25) is 0 Å². The Balaban J connectivity index is 1.55. The van der Waals surface area contributed by atoms with Crippen LogP contribution < -0.4 is 19.5 Å². The monoisotopic (exact) mass is 477 g/mol. The number of ether oxygens (including phenoxy) is 4. The average Bonchev–Trinajstić information content (AvgIpc) is 3.19. The SMILES string of the molecule is COc1ccc([C@@H](CC(=O)O)NC(=O)OCC2c3ccccc3-c3ccccc32)c(OC)c1OC. The van der Waals surface area contributed by atoms with Gasteiger partial charge in [-0.25, -0.2) is 4.79 Å². The second kappa shape index (κ2) is 10.4. The van der Waals surface area contributed by atoms with Crippen LogP contribution in [-0.4, -0.2) is 45.1 Å². The van der Waals surface area contributed by atoms with Crippen LogP contribution >= 0.6 is 0 Å². The van der Waals surface area contributed by atoms with Crippen LogP contribution in [0.25, 0.3) is 11.1 Å². The lowest BCUT2D eigenvalue weighted by Crippen LogP contribution is -2.32. The summed E-state index contributed by atoms with van der Waals surface area (Å²) in [4.78, 5) is 24.4. The number of nitrogens with one attached hydrogen (secondary N) is 1. The topological polar surface area (TPSA) is 103 Å². The Morgan fingerprint density at radius 2 is 1.46 bits per heavy atom. The second-order valence-electron chi connectivity index (χ2n) is 8.04. The summed E-state index contributed by atoms with van der Waals surface area (Å²) in [5, 5.41) is 12.2. The van der Waals surface area contributed by atoms with Crippen LogP contribution in [0.15, 0.2) is 60.7 Å². The summed E-state index contributed by atoms with van der Waals surface area (Å²) in [6.45, 7) is 0.114. The van der Waals surface area contributed by atoms with Crippen molar-refractivity contribution in [3.05, 3.63) is 77.4 Å². The molecule has 0 saturated carbocycles. The Hall–Kier alpha value is -4.20. The summed E-state index contributed by atoms with van der Waals surface area (Å²) >= 11 is 0. The van der Waals surface area contributed by atoms with Crippen molar-refractivity contribution in [2.45, 2.75) is 18.4 Å². The van der Waals surface area contributed by atoms with E-state index in [1.165, 1.54) is 21.3 Å². The number of fused-ring (bicyclic) bond motifs is 3. The fourth-order valence-electron chi connectivity index (χ4n) is 4.59. The predicted octanol–water partition coefficient (Wildman–Crippen LogP) is 4.77. The van der Waals surface area contributed by atoms with E-state index in [0.29, 0.717) is 17.1 Å². The minimum Gasteiger partial charge on any atom is -0.493 e. The van der Waals surface area contributed by atoms with Gasteiger partial charge in [0.2, 0.25) is 5.75 Å². The zero-order valence-corrected chi connectivity index (χ0v) is 19.7. The Kier molecular flexibility index (Phi) is 7.10. The minimum absolute atomic E-state index is 0.110. The van der Waals surface area contributed by atoms with Crippen molar-refractivity contribution < 1.29 is 33.6 Å². The Morgan fingerprint density at radius 3 is 2.00 bits per heavy atom. The van der Waals surface area contributed by atoms with Crippen molar-refractivity contribution in [1.29, 1.82) is 0 Å². The molecule has 0 aliphatic heterocycles. The van der Waals surface area contributed by atoms with Crippen LogP contribution in [0.3, 0.4) is 0 Å². The second-order valence-corrected chi connectivity index (χ2v) is 8.04. The van der Waals surface area contributed by atoms with E-state index in [0.717, 1.165) is 22.3 Å². The van der Waals surface area contributed by atoms with Gasteiger partial charge in [0.05, 0.1) is 33.8 Å². The normalized spacial score (nSPS) is 12.8. The summed E-state index contributed by atoms with van der Waals surface area (Å²) in [5.74, 6) is -0.204. The standard InChI is InChI=1S/C27H27NO7/c1-32-23-13-12-20(25(33-2)26(23)34-3)22(14-24(29)30)28-27(31)35-15-21-18-10-6-4-8-16(18)17-9-5-7-11-19(17)21/h4-13,21-22H,14-15H2,1-3H3,(H,28,31)(H,29,30)/t22-/m1/s1. The molecule has 0 unspecified atom stereocenters. The van der Waals surface area contributed by atoms with E-state index in [-0.39, 0.29) is 24.7 Å². The van der Waals surface area contributed by atoms with E-state index in [2.05, 4.69) is 17.4 Å². The van der Waals surface area contributed by atoms with Gasteiger partial charge in [-0.1, -0.05) is 48.5 Å². The van der Waals surface area contributed by atoms with Crippen LogP contribution in [0.4, 0.5) is 4.79 Å². The summed E-state index contributed by atoms with van der Waals surface area (Å²) in [5.41, 5.74) is 4.85. The van der Waals surface area contributed by atoms with Crippen LogP contribution in [0.5, 0.6) is 17.2 Å². The fraction of sp³-hybridized carbons (Fsp3) is 0.259. The van der Waals surface area contributed by atoms with Gasteiger partial charge in [-0.05, 0) is 34.4 Å². The lowest BCUT2D eigenvalue weighted by atomic mass is 9.98. The fourth-order valence-corrected chi connectivity index (χ4v) is 4.59. The minimum atomic E-state index is -1.09. The molecule has 0 bridgehead atoms. The first-order valence-electron chi connectivity index (χ1n) is 11.1. The highest BCUT2D eigenvalue weighted by molar-refractivity contribution is 5.79. The van der Waals surface area contributed by atoms with E-state index in [4.69, 9.17) is 18.9 Å². The third-order valence-electron chi connectivity index (χ3n) is 6.12. The number of rotatable bonds is 9. The van der Waals surface area contributed by atoms with E-state index in [9.17, 15) is 14.7 Å². The molecule has 0 saturated heterocycles. The molecule has 3 aromatic rings. The van der Waals surface area contributed by atoms with Gasteiger partial charge in [0, 0.05) is 11.5 Å². The third-order valence-corrected chi connectivity index (χ3v) is 6.12. The zero-order chi connectivity index (χ0) is 24.9. The quantitative estimate of drug-likeness (QED) is 0.458. The molecule has 1 aliphatic carbocycles. The molecule has 35 heavy (non-hydrogen) atoms. The van der Waals surface area contributed by atoms with E-state index in [1.54, 1.807) is 12.1 Å². The van der Waals surface area contributed by atoms with E-state index in [1.807, 2.05) is 36.4 Å². The number of carbonyl (C=O) groups is 2. The lowest BCUT2D eigenvalue weighted by Gasteiger charge is -2.22. The molecule has 182 valence electrons. The third kappa shape index (κ3) is 4.73. The molecule has 0 heterocycles. The van der Waals surface area contributed by atoms with Crippen molar-refractivity contribution >= 4 is 12.1 Å². The summed E-state index contributed by atoms with van der Waals surface area (Å²) < 4.78 is 21.8. The number of carbonyl (C=O) groups excluding carboxylic acids is 1. The number of hydrogen-bond donors (Lipinski definition) is 2. The average molecular weight is 478 g/mol. The molecule has 0 fully saturated rings. The molecule has 0 radical (unpaired) electrons. The number of methoxy groups -OCH3 is 3. The molecule has 3 aromatic carbocycles. The molecular weight excluding hydrogens is 450 g/mol. The maximum absolute atomic E-state index is 12.8. The van der Waals surface area contributed by atoms with E-state index >= 15 is 0 Å². The predicted molar refractivity (Wildman–Crippen MR) is 129 cm³/mol. The lowest BCUT2D eigenvalue weighted by molar-refractivity contribution is -0.137. The van der Waals surface area contributed by atoms with Crippen molar-refractivity contribution in [2.75, 3.05) is 27.9 Å². The van der Waals surface area contributed by atoms with Gasteiger partial charge in [0.25, 0.3) is 0 Å². The molecule has 1 atom stereocenters. The maximum Gasteiger partial charge on any atom is 0.407 e. The molecule has 4 rings (SSSR count). The molecule has 8 nitrogen and oxygen atoms in total. The first-order valence-corrected chi connectivity index (χ1v) is 11.1. The summed E-state index contributed by atoms with van der Waals surface area (Å²) in [7, 11) is 4.38. The smallest absolute Gasteiger partial charge is 0.407 e. The Morgan fingerprint density at radius 1 is 0.857 bits per heavy atom. The van der Waals surface area contributed by atoms with Gasteiger partial charge in [-0.3, -0.25) is 4.79 Å². The van der Waals surface area contributed by atoms with Crippen molar-refractivity contribution in [3.8, 4) is 28.4 Å². The van der Waals surface area contributed by atoms with Gasteiger partial charge < -0.3 is 29.4 Å². The Labute approximate surface area is 203 Å². The number of aliphatic carboxylic acids is 1.